The number of aliphatic carboxylic acids is 2. The summed E-state index contributed by atoms with van der Waals surface area (Å²) >= 11 is 9.63. The van der Waals surface area contributed by atoms with Gasteiger partial charge in [0.25, 0.3) is 11.9 Å². The number of thiophene rings is 1. The van der Waals surface area contributed by atoms with Crippen LogP contribution in [-0.4, -0.2) is 94.4 Å². The highest BCUT2D eigenvalue weighted by Crippen LogP contribution is 2.35. The van der Waals surface area contributed by atoms with E-state index in [9.17, 15) is 14.4 Å². The van der Waals surface area contributed by atoms with E-state index in [1.54, 1.807) is 11.3 Å². The third-order valence-electron chi connectivity index (χ3n) is 6.44. The molecule has 2 N–H and O–H groups in total. The molecule has 0 aliphatic carbocycles. The number of amides is 1. The van der Waals surface area contributed by atoms with Gasteiger partial charge in [0.15, 0.2) is 5.58 Å². The van der Waals surface area contributed by atoms with Crippen LogP contribution in [0.15, 0.2) is 45.0 Å². The van der Waals surface area contributed by atoms with Gasteiger partial charge in [-0.25, -0.2) is 9.59 Å². The van der Waals surface area contributed by atoms with Gasteiger partial charge in [0.05, 0.1) is 9.77 Å². The van der Waals surface area contributed by atoms with Crippen LogP contribution < -0.4 is 4.90 Å². The lowest BCUT2D eigenvalue weighted by molar-refractivity contribution is -0.134. The number of aryl methyl sites for hydroxylation is 1. The predicted octanol–water partition coefficient (Wildman–Crippen LogP) is 4.71. The van der Waals surface area contributed by atoms with Crippen molar-refractivity contribution in [1.29, 1.82) is 0 Å². The number of aromatic nitrogens is 1. The largest absolute Gasteiger partial charge is 0.478 e. The van der Waals surface area contributed by atoms with Crippen molar-refractivity contribution >= 4 is 69.7 Å². The number of fused-ring (bicyclic) bond motifs is 2. The van der Waals surface area contributed by atoms with Crippen molar-refractivity contribution in [3.8, 4) is 0 Å². The average molecular weight is 607 g/mol. The summed E-state index contributed by atoms with van der Waals surface area (Å²) in [5, 5.41) is 16.3. The normalized spacial score (nSPS) is 16.1. The van der Waals surface area contributed by atoms with Gasteiger partial charge in [0.1, 0.15) is 5.52 Å². The number of carboxylic acids is 2. The lowest BCUT2D eigenvalue weighted by Gasteiger charge is -2.33. The van der Waals surface area contributed by atoms with Gasteiger partial charge < -0.3 is 24.4 Å². The van der Waals surface area contributed by atoms with E-state index in [4.69, 9.17) is 26.2 Å². The smallest absolute Gasteiger partial charge is 0.328 e. The first-order chi connectivity index (χ1) is 19.2. The zero-order valence-corrected chi connectivity index (χ0v) is 24.4. The van der Waals surface area contributed by atoms with E-state index in [2.05, 4.69) is 27.8 Å². The Kier molecular flexibility index (Phi) is 10.5. The van der Waals surface area contributed by atoms with E-state index in [-0.39, 0.29) is 5.91 Å². The van der Waals surface area contributed by atoms with Crippen LogP contribution in [0.4, 0.5) is 6.01 Å². The molecule has 0 spiro atoms. The van der Waals surface area contributed by atoms with Crippen molar-refractivity contribution in [3.05, 3.63) is 51.9 Å². The van der Waals surface area contributed by atoms with Crippen LogP contribution in [0, 0.1) is 6.92 Å². The van der Waals surface area contributed by atoms with Crippen molar-refractivity contribution < 1.29 is 29.0 Å². The second-order valence-corrected chi connectivity index (χ2v) is 12.4. The number of anilines is 1. The highest BCUT2D eigenvalue weighted by molar-refractivity contribution is 8.01. The van der Waals surface area contributed by atoms with Crippen molar-refractivity contribution in [3.63, 3.8) is 0 Å². The number of hydrogen-bond donors (Lipinski definition) is 2. The summed E-state index contributed by atoms with van der Waals surface area (Å²) in [6, 6.07) is 8.28. The Bertz CT molecular complexity index is 1370. The highest BCUT2D eigenvalue weighted by Gasteiger charge is 2.25. The van der Waals surface area contributed by atoms with Crippen LogP contribution in [0.1, 0.15) is 28.1 Å². The molecule has 214 valence electrons. The molecule has 0 radical (unpaired) electrons. The Morgan fingerprint density at radius 3 is 2.45 bits per heavy atom. The minimum atomic E-state index is -1.26. The summed E-state index contributed by atoms with van der Waals surface area (Å²) in [6.07, 6.45) is 3.26. The van der Waals surface area contributed by atoms with E-state index in [1.807, 2.05) is 34.9 Å². The molecule has 1 aromatic carbocycles. The van der Waals surface area contributed by atoms with E-state index in [0.717, 1.165) is 81.1 Å². The maximum absolute atomic E-state index is 12.9. The van der Waals surface area contributed by atoms with Crippen LogP contribution in [0.2, 0.25) is 5.02 Å². The first-order valence-corrected chi connectivity index (χ1v) is 15.1. The minimum Gasteiger partial charge on any atom is -0.478 e. The Balaban J connectivity index is 0.000000406. The van der Waals surface area contributed by atoms with Gasteiger partial charge in [-0.05, 0) is 50.6 Å². The average Bonchev–Trinajstić information content (AvgIpc) is 3.48. The molecule has 2 aliphatic heterocycles. The molecule has 0 unspecified atom stereocenters. The van der Waals surface area contributed by atoms with Crippen molar-refractivity contribution in [1.82, 2.24) is 14.8 Å². The monoisotopic (exact) mass is 606 g/mol. The topological polar surface area (TPSA) is 127 Å². The number of halogens is 1. The van der Waals surface area contributed by atoms with Gasteiger partial charge in [-0.1, -0.05) is 11.6 Å². The summed E-state index contributed by atoms with van der Waals surface area (Å²) in [7, 11) is 0. The number of thioether (sulfide) groups is 1. The number of rotatable bonds is 8. The second kappa shape index (κ2) is 14.0. The van der Waals surface area contributed by atoms with Gasteiger partial charge in [-0.2, -0.15) is 4.98 Å². The fourth-order valence-electron chi connectivity index (χ4n) is 4.45. The summed E-state index contributed by atoms with van der Waals surface area (Å²) in [6.45, 7) is 8.64. The summed E-state index contributed by atoms with van der Waals surface area (Å²) < 4.78 is 7.10. The Labute approximate surface area is 245 Å². The number of carbonyl (C=O) groups excluding carboxylic acids is 1. The number of carboxylic acid groups (broad SMARTS) is 2. The van der Waals surface area contributed by atoms with E-state index in [0.29, 0.717) is 23.2 Å². The van der Waals surface area contributed by atoms with Crippen LogP contribution in [-0.2, 0) is 9.59 Å². The Hall–Kier alpha value is -3.06. The molecule has 1 amide bonds. The number of unbranched alkanes of at least 4 members (excludes halogenated alkanes) is 1. The first kappa shape index (κ1) is 29.9. The zero-order valence-electron chi connectivity index (χ0n) is 22.0. The number of hydrogen-bond acceptors (Lipinski definition) is 9. The molecule has 0 atom stereocenters. The molecule has 3 aromatic rings. The zero-order chi connectivity index (χ0) is 28.6. The van der Waals surface area contributed by atoms with Gasteiger partial charge in [-0.3, -0.25) is 9.69 Å². The first-order valence-electron chi connectivity index (χ1n) is 12.9. The molecule has 5 rings (SSSR count). The maximum atomic E-state index is 12.9. The highest BCUT2D eigenvalue weighted by atomic mass is 35.5. The molecule has 4 heterocycles. The quantitative estimate of drug-likeness (QED) is 0.275. The molecule has 2 aromatic heterocycles. The number of piperazine rings is 1. The minimum absolute atomic E-state index is 0.211. The molecule has 10 nitrogen and oxygen atoms in total. The molecule has 40 heavy (non-hydrogen) atoms. The SMILES string of the molecule is Cc1cc2c(s1)SCCN(CCCCN1CCN(c3nc4cc(Cl)ccc4o3)CC1)C2=O.O=C(O)C=CC(=O)O. The lowest BCUT2D eigenvalue weighted by atomic mass is 10.2. The number of oxazole rings is 1. The molecule has 0 bridgehead atoms. The van der Waals surface area contributed by atoms with Gasteiger partial charge >= 0.3 is 11.9 Å². The molecular weight excluding hydrogens is 576 g/mol. The molecule has 1 saturated heterocycles. The van der Waals surface area contributed by atoms with E-state index < -0.39 is 11.9 Å². The summed E-state index contributed by atoms with van der Waals surface area (Å²) in [4.78, 5) is 44.6. The maximum Gasteiger partial charge on any atom is 0.328 e. The summed E-state index contributed by atoms with van der Waals surface area (Å²) in [5.74, 6) is -1.31. The number of benzene rings is 1. The summed E-state index contributed by atoms with van der Waals surface area (Å²) in [5.41, 5.74) is 2.49. The molecule has 13 heteroatoms. The third-order valence-corrected chi connectivity index (χ3v) is 8.99. The standard InChI is InChI=1S/C23H27ClN4O2S2.C4H4O4/c1-16-14-18-21(29)27(12-13-31-22(18)32-16)7-3-2-6-26-8-10-28(11-9-26)23-25-19-15-17(24)4-5-20(19)30-23;5-3(6)1-2-4(7)8/h4-5,14-15H,2-3,6-13H2,1H3;1-2H,(H,5,6)(H,7,8). The third kappa shape index (κ3) is 8.23. The number of nitrogens with zero attached hydrogens (tertiary/aromatic N) is 4. The van der Waals surface area contributed by atoms with E-state index in [1.165, 1.54) is 9.09 Å². The predicted molar refractivity (Wildman–Crippen MR) is 157 cm³/mol. The fourth-order valence-corrected chi connectivity index (χ4v) is 7.02. The van der Waals surface area contributed by atoms with Gasteiger partial charge in [0.2, 0.25) is 0 Å². The van der Waals surface area contributed by atoms with Crippen molar-refractivity contribution in [2.24, 2.45) is 0 Å². The van der Waals surface area contributed by atoms with Crippen LogP contribution in [0.25, 0.3) is 11.1 Å². The van der Waals surface area contributed by atoms with Crippen molar-refractivity contribution in [2.75, 3.05) is 56.5 Å². The second-order valence-electron chi connectivity index (χ2n) is 9.35. The van der Waals surface area contributed by atoms with Crippen LogP contribution >= 0.6 is 34.7 Å². The van der Waals surface area contributed by atoms with Gasteiger partial charge in [0, 0.05) is 67.1 Å². The Morgan fingerprint density at radius 1 is 1.05 bits per heavy atom. The molecular formula is C27H31ClN4O6S2. The molecule has 1 fully saturated rings. The molecule has 2 aliphatic rings. The fraction of sp³-hybridized carbons (Fsp3) is 0.407. The number of carbonyl (C=O) groups is 3. The van der Waals surface area contributed by atoms with Crippen molar-refractivity contribution in [2.45, 2.75) is 24.0 Å². The van der Waals surface area contributed by atoms with Crippen LogP contribution in [0.3, 0.4) is 0 Å². The Morgan fingerprint density at radius 2 is 1.75 bits per heavy atom. The van der Waals surface area contributed by atoms with Crippen LogP contribution in [0.5, 0.6) is 0 Å². The van der Waals surface area contributed by atoms with Gasteiger partial charge in [-0.15, -0.1) is 23.1 Å². The lowest BCUT2D eigenvalue weighted by Crippen LogP contribution is -2.46. The molecule has 0 saturated carbocycles. The van der Waals surface area contributed by atoms with E-state index >= 15 is 0 Å².